The van der Waals surface area contributed by atoms with E-state index < -0.39 is 0 Å². The summed E-state index contributed by atoms with van der Waals surface area (Å²) < 4.78 is 10.8. The van der Waals surface area contributed by atoms with Gasteiger partial charge >= 0.3 is 5.97 Å². The first kappa shape index (κ1) is 21.8. The van der Waals surface area contributed by atoms with Gasteiger partial charge in [-0.3, -0.25) is 9.59 Å². The summed E-state index contributed by atoms with van der Waals surface area (Å²) in [6.07, 6.45) is 0.133. The minimum absolute atomic E-state index is 0.0855. The molecule has 0 radical (unpaired) electrons. The van der Waals surface area contributed by atoms with E-state index in [1.54, 1.807) is 0 Å². The molecule has 7 heteroatoms. The monoisotopic (exact) mass is 448 g/mol. The van der Waals surface area contributed by atoms with E-state index in [1.165, 1.54) is 11.3 Å². The summed E-state index contributed by atoms with van der Waals surface area (Å²) in [5.74, 6) is 0.704. The fourth-order valence-electron chi connectivity index (χ4n) is 3.54. The number of aryl methyl sites for hydroxylation is 2. The molecule has 2 heterocycles. The predicted molar refractivity (Wildman–Crippen MR) is 126 cm³/mol. The number of carbonyl (C=O) groups excluding carboxylic acids is 1. The van der Waals surface area contributed by atoms with Gasteiger partial charge in [0.1, 0.15) is 23.0 Å². The van der Waals surface area contributed by atoms with Crippen molar-refractivity contribution in [2.24, 2.45) is 0 Å². The van der Waals surface area contributed by atoms with Gasteiger partial charge in [0.15, 0.2) is 0 Å². The summed E-state index contributed by atoms with van der Waals surface area (Å²) >= 11 is 1.46. The van der Waals surface area contributed by atoms with Crippen LogP contribution >= 0.6 is 11.3 Å². The molecular formula is C25H24N2O4S. The summed E-state index contributed by atoms with van der Waals surface area (Å²) in [7, 11) is 0. The maximum absolute atomic E-state index is 12.9. The second kappa shape index (κ2) is 9.36. The number of thiophene rings is 1. The van der Waals surface area contributed by atoms with E-state index in [0.29, 0.717) is 22.6 Å². The van der Waals surface area contributed by atoms with Gasteiger partial charge in [0.25, 0.3) is 5.56 Å². The predicted octanol–water partition coefficient (Wildman–Crippen LogP) is 4.95. The molecule has 0 spiro atoms. The number of ether oxygens (including phenoxy) is 2. The molecule has 0 aliphatic carbocycles. The van der Waals surface area contributed by atoms with Gasteiger partial charge in [-0.1, -0.05) is 42.0 Å². The van der Waals surface area contributed by atoms with Crippen molar-refractivity contribution in [2.75, 3.05) is 6.61 Å². The highest BCUT2D eigenvalue weighted by Crippen LogP contribution is 2.35. The zero-order chi connectivity index (χ0) is 22.7. The van der Waals surface area contributed by atoms with Gasteiger partial charge in [0.2, 0.25) is 0 Å². The maximum Gasteiger partial charge on any atom is 0.310 e. The Labute approximate surface area is 189 Å². The topological polar surface area (TPSA) is 81.3 Å². The van der Waals surface area contributed by atoms with Crippen LogP contribution in [0.25, 0.3) is 21.3 Å². The Morgan fingerprint density at radius 3 is 2.47 bits per heavy atom. The quantitative estimate of drug-likeness (QED) is 0.405. The third-order valence-electron chi connectivity index (χ3n) is 5.08. The summed E-state index contributed by atoms with van der Waals surface area (Å²) in [6, 6.07) is 15.4. The van der Waals surface area contributed by atoms with Crippen LogP contribution in [0.3, 0.4) is 0 Å². The minimum atomic E-state index is -0.389. The Hall–Kier alpha value is -3.45. The van der Waals surface area contributed by atoms with Crippen LogP contribution in [0.4, 0.5) is 0 Å². The molecule has 0 atom stereocenters. The number of hydrogen-bond donors (Lipinski definition) is 1. The molecule has 0 unspecified atom stereocenters. The van der Waals surface area contributed by atoms with Crippen molar-refractivity contribution in [3.05, 3.63) is 80.7 Å². The van der Waals surface area contributed by atoms with E-state index in [0.717, 1.165) is 32.9 Å². The van der Waals surface area contributed by atoms with Crippen molar-refractivity contribution in [2.45, 2.75) is 33.8 Å². The van der Waals surface area contributed by atoms with Crippen molar-refractivity contribution in [3.63, 3.8) is 0 Å². The molecule has 0 bridgehead atoms. The highest BCUT2D eigenvalue weighted by atomic mass is 32.1. The van der Waals surface area contributed by atoms with Crippen LogP contribution in [-0.4, -0.2) is 22.5 Å². The Balaban J connectivity index is 1.49. The molecule has 2 aromatic carbocycles. The minimum Gasteiger partial charge on any atom is -0.494 e. The van der Waals surface area contributed by atoms with Gasteiger partial charge in [-0.05, 0) is 44.0 Å². The lowest BCUT2D eigenvalue weighted by Crippen LogP contribution is -2.15. The van der Waals surface area contributed by atoms with Gasteiger partial charge in [-0.15, -0.1) is 11.3 Å². The van der Waals surface area contributed by atoms with Crippen LogP contribution in [0, 0.1) is 13.8 Å². The molecule has 1 N–H and O–H groups in total. The first-order valence-electron chi connectivity index (χ1n) is 10.4. The average Bonchev–Trinajstić information content (AvgIpc) is 3.11. The number of H-pyrrole nitrogens is 1. The molecule has 0 saturated heterocycles. The highest BCUT2D eigenvalue weighted by Gasteiger charge is 2.17. The van der Waals surface area contributed by atoms with Crippen LogP contribution in [-0.2, 0) is 22.6 Å². The van der Waals surface area contributed by atoms with E-state index in [-0.39, 0.29) is 24.6 Å². The Morgan fingerprint density at radius 1 is 1.06 bits per heavy atom. The number of carbonyl (C=O) groups is 1. The zero-order valence-electron chi connectivity index (χ0n) is 18.2. The third kappa shape index (κ3) is 4.73. The number of benzene rings is 2. The lowest BCUT2D eigenvalue weighted by Gasteiger charge is -2.07. The van der Waals surface area contributed by atoms with Gasteiger partial charge < -0.3 is 14.5 Å². The van der Waals surface area contributed by atoms with E-state index in [2.05, 4.69) is 9.97 Å². The van der Waals surface area contributed by atoms with E-state index in [4.69, 9.17) is 9.47 Å². The van der Waals surface area contributed by atoms with Gasteiger partial charge in [-0.2, -0.15) is 0 Å². The SMILES string of the molecule is CCOc1ccc(CC(=O)OCc2nc3sc(C)c(-c4ccc(C)cc4)c3c(=O)[nH]2)cc1. The maximum atomic E-state index is 12.9. The van der Waals surface area contributed by atoms with E-state index in [9.17, 15) is 9.59 Å². The van der Waals surface area contributed by atoms with Crippen LogP contribution in [0.2, 0.25) is 0 Å². The number of nitrogens with zero attached hydrogens (tertiary/aromatic N) is 1. The molecule has 0 saturated carbocycles. The fourth-order valence-corrected chi connectivity index (χ4v) is 4.60. The van der Waals surface area contributed by atoms with Crippen molar-refractivity contribution in [3.8, 4) is 16.9 Å². The number of aromatic amines is 1. The standard InChI is InChI=1S/C25H24N2O4S/c1-4-30-19-11-7-17(8-12-19)13-21(28)31-14-20-26-24(29)23-22(16(3)32-25(23)27-20)18-9-5-15(2)6-10-18/h5-12H,4,13-14H2,1-3H3,(H,26,27,29). The molecule has 4 rings (SSSR count). The smallest absolute Gasteiger partial charge is 0.310 e. The second-order valence-corrected chi connectivity index (χ2v) is 8.71. The van der Waals surface area contributed by atoms with Gasteiger partial charge in [0, 0.05) is 10.4 Å². The molecule has 164 valence electrons. The number of esters is 1. The molecule has 0 fully saturated rings. The molecule has 6 nitrogen and oxygen atoms in total. The van der Waals surface area contributed by atoms with E-state index >= 15 is 0 Å². The number of nitrogens with one attached hydrogen (secondary N) is 1. The molecule has 4 aromatic rings. The van der Waals surface area contributed by atoms with Crippen molar-refractivity contribution >= 4 is 27.5 Å². The first-order valence-corrected chi connectivity index (χ1v) is 11.2. The van der Waals surface area contributed by atoms with Crippen molar-refractivity contribution in [1.82, 2.24) is 9.97 Å². The van der Waals surface area contributed by atoms with Crippen LogP contribution in [0.1, 0.15) is 28.8 Å². The number of rotatable bonds is 7. The van der Waals surface area contributed by atoms with E-state index in [1.807, 2.05) is 69.3 Å². The zero-order valence-corrected chi connectivity index (χ0v) is 19.0. The Morgan fingerprint density at radius 2 is 1.78 bits per heavy atom. The Kier molecular flexibility index (Phi) is 6.37. The van der Waals surface area contributed by atoms with Crippen LogP contribution in [0.15, 0.2) is 53.3 Å². The van der Waals surface area contributed by atoms with Crippen molar-refractivity contribution < 1.29 is 14.3 Å². The van der Waals surface area contributed by atoms with Crippen LogP contribution < -0.4 is 10.3 Å². The number of hydrogen-bond acceptors (Lipinski definition) is 6. The lowest BCUT2D eigenvalue weighted by molar-refractivity contribution is -0.144. The molecule has 32 heavy (non-hydrogen) atoms. The lowest BCUT2D eigenvalue weighted by atomic mass is 10.0. The van der Waals surface area contributed by atoms with Gasteiger partial charge in [0.05, 0.1) is 18.4 Å². The first-order chi connectivity index (χ1) is 15.4. The summed E-state index contributed by atoms with van der Waals surface area (Å²) in [5.41, 5.74) is 3.64. The molecular weight excluding hydrogens is 424 g/mol. The highest BCUT2D eigenvalue weighted by molar-refractivity contribution is 7.19. The summed E-state index contributed by atoms with van der Waals surface area (Å²) in [4.78, 5) is 34.1. The molecule has 2 aromatic heterocycles. The average molecular weight is 449 g/mol. The fraction of sp³-hybridized carbons (Fsp3) is 0.240. The molecule has 0 amide bonds. The van der Waals surface area contributed by atoms with Crippen LogP contribution in [0.5, 0.6) is 5.75 Å². The summed E-state index contributed by atoms with van der Waals surface area (Å²) in [5, 5.41) is 0.570. The normalized spacial score (nSPS) is 11.0. The number of fused-ring (bicyclic) bond motifs is 1. The second-order valence-electron chi connectivity index (χ2n) is 7.51. The van der Waals surface area contributed by atoms with Crippen molar-refractivity contribution in [1.29, 1.82) is 0 Å². The summed E-state index contributed by atoms with van der Waals surface area (Å²) in [6.45, 7) is 6.44. The Bertz CT molecular complexity index is 1310. The molecule has 0 aliphatic heterocycles. The van der Waals surface area contributed by atoms with Gasteiger partial charge in [-0.25, -0.2) is 4.98 Å². The third-order valence-corrected chi connectivity index (χ3v) is 6.08. The number of aromatic nitrogens is 2. The largest absolute Gasteiger partial charge is 0.494 e. The molecule has 0 aliphatic rings.